The van der Waals surface area contributed by atoms with Gasteiger partial charge in [0.2, 0.25) is 5.91 Å². The fraction of sp³-hybridized carbons (Fsp3) is 0.176. The summed E-state index contributed by atoms with van der Waals surface area (Å²) in [7, 11) is 0. The van der Waals surface area contributed by atoms with Crippen LogP contribution in [0.15, 0.2) is 46.9 Å². The van der Waals surface area contributed by atoms with Gasteiger partial charge in [-0.05, 0) is 42.3 Å². The Balaban J connectivity index is 1.61. The van der Waals surface area contributed by atoms with Crippen molar-refractivity contribution in [1.29, 1.82) is 0 Å². The summed E-state index contributed by atoms with van der Waals surface area (Å²) in [5, 5.41) is 3.58. The SMILES string of the molecule is Cc1nc2cc(NC(=O)CCc3ccc(Cl)cc3)ccc2o1. The zero-order valence-electron chi connectivity index (χ0n) is 12.1. The number of rotatable bonds is 4. The van der Waals surface area contributed by atoms with Gasteiger partial charge in [-0.15, -0.1) is 0 Å². The predicted molar refractivity (Wildman–Crippen MR) is 87.1 cm³/mol. The van der Waals surface area contributed by atoms with Gasteiger partial charge in [0, 0.05) is 24.1 Å². The Morgan fingerprint density at radius 2 is 2.00 bits per heavy atom. The lowest BCUT2D eigenvalue weighted by Gasteiger charge is -2.05. The van der Waals surface area contributed by atoms with Crippen molar-refractivity contribution >= 4 is 34.3 Å². The molecule has 0 atom stereocenters. The number of aromatic nitrogens is 1. The standard InChI is InChI=1S/C17H15ClN2O2/c1-11-19-15-10-14(7-8-16(15)22-11)20-17(21)9-4-12-2-5-13(18)6-3-12/h2-3,5-8,10H,4,9H2,1H3,(H,20,21). The van der Waals surface area contributed by atoms with E-state index in [2.05, 4.69) is 10.3 Å². The van der Waals surface area contributed by atoms with Crippen molar-refractivity contribution in [2.45, 2.75) is 19.8 Å². The number of carbonyl (C=O) groups excluding carboxylic acids is 1. The van der Waals surface area contributed by atoms with E-state index in [1.54, 1.807) is 6.92 Å². The second kappa shape index (κ2) is 6.20. The average molecular weight is 315 g/mol. The molecular weight excluding hydrogens is 300 g/mol. The van der Waals surface area contributed by atoms with Crippen LogP contribution in [0, 0.1) is 6.92 Å². The van der Waals surface area contributed by atoms with Crippen molar-refractivity contribution in [3.8, 4) is 0 Å². The Kier molecular flexibility index (Phi) is 4.11. The van der Waals surface area contributed by atoms with Crippen LogP contribution in [0.4, 0.5) is 5.69 Å². The van der Waals surface area contributed by atoms with Gasteiger partial charge in [-0.25, -0.2) is 4.98 Å². The molecular formula is C17H15ClN2O2. The van der Waals surface area contributed by atoms with Gasteiger partial charge in [0.1, 0.15) is 5.52 Å². The van der Waals surface area contributed by atoms with E-state index in [1.165, 1.54) is 0 Å². The summed E-state index contributed by atoms with van der Waals surface area (Å²) in [6.07, 6.45) is 1.09. The Labute approximate surface area is 133 Å². The lowest BCUT2D eigenvalue weighted by molar-refractivity contribution is -0.116. The zero-order valence-corrected chi connectivity index (χ0v) is 12.9. The van der Waals surface area contributed by atoms with E-state index in [0.29, 0.717) is 23.8 Å². The molecule has 0 bridgehead atoms. The maximum atomic E-state index is 12.0. The van der Waals surface area contributed by atoms with E-state index in [9.17, 15) is 4.79 Å². The summed E-state index contributed by atoms with van der Waals surface area (Å²) >= 11 is 5.84. The topological polar surface area (TPSA) is 55.1 Å². The van der Waals surface area contributed by atoms with Crippen molar-refractivity contribution < 1.29 is 9.21 Å². The molecule has 0 saturated heterocycles. The van der Waals surface area contributed by atoms with E-state index in [4.69, 9.17) is 16.0 Å². The fourth-order valence-electron chi connectivity index (χ4n) is 2.25. The third kappa shape index (κ3) is 3.46. The molecule has 3 aromatic rings. The van der Waals surface area contributed by atoms with Gasteiger partial charge in [-0.3, -0.25) is 4.79 Å². The van der Waals surface area contributed by atoms with Crippen molar-refractivity contribution in [3.63, 3.8) is 0 Å². The van der Waals surface area contributed by atoms with E-state index in [0.717, 1.165) is 22.4 Å². The zero-order chi connectivity index (χ0) is 15.5. The van der Waals surface area contributed by atoms with Gasteiger partial charge >= 0.3 is 0 Å². The van der Waals surface area contributed by atoms with Crippen molar-refractivity contribution in [2.24, 2.45) is 0 Å². The molecule has 1 heterocycles. The third-order valence-electron chi connectivity index (χ3n) is 3.33. The highest BCUT2D eigenvalue weighted by atomic mass is 35.5. The van der Waals surface area contributed by atoms with Crippen LogP contribution in [-0.2, 0) is 11.2 Å². The summed E-state index contributed by atoms with van der Waals surface area (Å²) in [5.74, 6) is 0.579. The van der Waals surface area contributed by atoms with Crippen LogP contribution >= 0.6 is 11.6 Å². The molecule has 0 radical (unpaired) electrons. The van der Waals surface area contributed by atoms with E-state index < -0.39 is 0 Å². The number of carbonyl (C=O) groups is 1. The van der Waals surface area contributed by atoms with E-state index in [-0.39, 0.29) is 5.91 Å². The first-order valence-electron chi connectivity index (χ1n) is 7.02. The smallest absolute Gasteiger partial charge is 0.224 e. The highest BCUT2D eigenvalue weighted by Gasteiger charge is 2.06. The average Bonchev–Trinajstić information content (AvgIpc) is 2.86. The highest BCUT2D eigenvalue weighted by Crippen LogP contribution is 2.20. The number of benzene rings is 2. The fourth-order valence-corrected chi connectivity index (χ4v) is 2.38. The molecule has 0 aliphatic carbocycles. The largest absolute Gasteiger partial charge is 0.441 e. The molecule has 0 spiro atoms. The maximum Gasteiger partial charge on any atom is 0.224 e. The molecule has 22 heavy (non-hydrogen) atoms. The molecule has 1 aromatic heterocycles. The Morgan fingerprint density at radius 1 is 1.23 bits per heavy atom. The first-order chi connectivity index (χ1) is 10.6. The molecule has 4 nitrogen and oxygen atoms in total. The first-order valence-corrected chi connectivity index (χ1v) is 7.39. The summed E-state index contributed by atoms with van der Waals surface area (Å²) in [6, 6.07) is 13.0. The lowest BCUT2D eigenvalue weighted by Crippen LogP contribution is -2.12. The molecule has 112 valence electrons. The molecule has 0 saturated carbocycles. The monoisotopic (exact) mass is 314 g/mol. The Hall–Kier alpha value is -2.33. The first kappa shape index (κ1) is 14.6. The third-order valence-corrected chi connectivity index (χ3v) is 3.58. The summed E-state index contributed by atoms with van der Waals surface area (Å²) < 4.78 is 5.41. The van der Waals surface area contributed by atoms with Gasteiger partial charge in [-0.1, -0.05) is 23.7 Å². The van der Waals surface area contributed by atoms with Gasteiger partial charge in [0.15, 0.2) is 11.5 Å². The molecule has 5 heteroatoms. The molecule has 0 aliphatic heterocycles. The number of hydrogen-bond acceptors (Lipinski definition) is 3. The van der Waals surface area contributed by atoms with Crippen LogP contribution in [0.1, 0.15) is 17.9 Å². The van der Waals surface area contributed by atoms with Crippen LogP contribution in [-0.4, -0.2) is 10.9 Å². The quantitative estimate of drug-likeness (QED) is 0.778. The van der Waals surface area contributed by atoms with Crippen LogP contribution in [0.3, 0.4) is 0 Å². The van der Waals surface area contributed by atoms with Crippen molar-refractivity contribution in [2.75, 3.05) is 5.32 Å². The highest BCUT2D eigenvalue weighted by molar-refractivity contribution is 6.30. The minimum atomic E-state index is -0.0329. The summed E-state index contributed by atoms with van der Waals surface area (Å²) in [4.78, 5) is 16.3. The van der Waals surface area contributed by atoms with Crippen molar-refractivity contribution in [1.82, 2.24) is 4.98 Å². The van der Waals surface area contributed by atoms with E-state index >= 15 is 0 Å². The van der Waals surface area contributed by atoms with Gasteiger partial charge in [0.05, 0.1) is 0 Å². The van der Waals surface area contributed by atoms with Gasteiger partial charge in [0.25, 0.3) is 0 Å². The second-order valence-electron chi connectivity index (χ2n) is 5.09. The maximum absolute atomic E-state index is 12.0. The van der Waals surface area contributed by atoms with Crippen LogP contribution in [0.2, 0.25) is 5.02 Å². The van der Waals surface area contributed by atoms with Gasteiger partial charge < -0.3 is 9.73 Å². The number of hydrogen-bond donors (Lipinski definition) is 1. The molecule has 1 amide bonds. The number of anilines is 1. The molecule has 3 rings (SSSR count). The molecule has 0 unspecified atom stereocenters. The van der Waals surface area contributed by atoms with Crippen LogP contribution in [0.5, 0.6) is 0 Å². The minimum absolute atomic E-state index is 0.0329. The molecule has 2 aromatic carbocycles. The number of halogens is 1. The minimum Gasteiger partial charge on any atom is -0.441 e. The molecule has 0 aliphatic rings. The number of aryl methyl sites for hydroxylation is 2. The summed E-state index contributed by atoms with van der Waals surface area (Å²) in [6.45, 7) is 1.80. The van der Waals surface area contributed by atoms with E-state index in [1.807, 2.05) is 42.5 Å². The number of nitrogens with zero attached hydrogens (tertiary/aromatic N) is 1. The van der Waals surface area contributed by atoms with Gasteiger partial charge in [-0.2, -0.15) is 0 Å². The predicted octanol–water partition coefficient (Wildman–Crippen LogP) is 4.36. The molecule has 0 fully saturated rings. The Morgan fingerprint density at radius 3 is 2.77 bits per heavy atom. The van der Waals surface area contributed by atoms with Crippen LogP contribution < -0.4 is 5.32 Å². The number of amides is 1. The number of oxazole rings is 1. The second-order valence-corrected chi connectivity index (χ2v) is 5.53. The number of fused-ring (bicyclic) bond motifs is 1. The lowest BCUT2D eigenvalue weighted by atomic mass is 10.1. The van der Waals surface area contributed by atoms with Crippen LogP contribution in [0.25, 0.3) is 11.1 Å². The normalized spacial score (nSPS) is 10.8. The number of nitrogens with one attached hydrogen (secondary N) is 1. The Bertz CT molecular complexity index is 809. The summed E-state index contributed by atoms with van der Waals surface area (Å²) in [5.41, 5.74) is 3.27. The molecule has 1 N–H and O–H groups in total. The van der Waals surface area contributed by atoms with Crippen molar-refractivity contribution in [3.05, 3.63) is 58.9 Å².